The van der Waals surface area contributed by atoms with Gasteiger partial charge in [-0.25, -0.2) is 9.59 Å². The lowest BCUT2D eigenvalue weighted by atomic mass is 9.88. The monoisotopic (exact) mass is 443 g/mol. The third-order valence-corrected chi connectivity index (χ3v) is 12.9. The van der Waals surface area contributed by atoms with E-state index in [-0.39, 0.29) is 6.10 Å². The normalized spacial score (nSPS) is 26.7. The number of ether oxygens (including phenoxy) is 1. The molecule has 6 nitrogen and oxygen atoms in total. The molecule has 0 bridgehead atoms. The molecule has 0 unspecified atom stereocenters. The van der Waals surface area contributed by atoms with Gasteiger partial charge in [-0.2, -0.15) is 0 Å². The van der Waals surface area contributed by atoms with Gasteiger partial charge < -0.3 is 19.6 Å². The third-order valence-electron chi connectivity index (χ3n) is 6.84. The standard InChI is InChI=1S/C23H45NO5Si/c1-9-12-19-13-10-11-14-20(24-23(26)27)22(25)28-18(8)21(19)29-30(15(2)3,16(4)5)17(6)7/h15-21,24H,9-14H2,1-8H3,(H,26,27)/t18-,19-,20-,21-/m0/s1. The van der Waals surface area contributed by atoms with Crippen molar-refractivity contribution < 1.29 is 23.9 Å². The van der Waals surface area contributed by atoms with E-state index < -0.39 is 32.5 Å². The van der Waals surface area contributed by atoms with Gasteiger partial charge in [-0.3, -0.25) is 0 Å². The molecule has 1 fully saturated rings. The van der Waals surface area contributed by atoms with Crippen LogP contribution in [0.2, 0.25) is 16.6 Å². The maximum absolute atomic E-state index is 12.8. The summed E-state index contributed by atoms with van der Waals surface area (Å²) in [6.07, 6.45) is 3.60. The second-order valence-electron chi connectivity index (χ2n) is 9.88. The van der Waals surface area contributed by atoms with Crippen LogP contribution in [0, 0.1) is 5.92 Å². The lowest BCUT2D eigenvalue weighted by Crippen LogP contribution is -2.55. The van der Waals surface area contributed by atoms with Crippen LogP contribution < -0.4 is 5.32 Å². The molecule has 1 aliphatic rings. The summed E-state index contributed by atoms with van der Waals surface area (Å²) >= 11 is 0. The molecule has 1 aliphatic heterocycles. The molecule has 0 saturated carbocycles. The van der Waals surface area contributed by atoms with Crippen molar-refractivity contribution in [2.75, 3.05) is 0 Å². The molecular formula is C23H45NO5Si. The van der Waals surface area contributed by atoms with Crippen LogP contribution in [-0.2, 0) is 14.0 Å². The van der Waals surface area contributed by atoms with Crippen LogP contribution >= 0.6 is 0 Å². The highest BCUT2D eigenvalue weighted by atomic mass is 28.4. The first-order chi connectivity index (χ1) is 14.0. The summed E-state index contributed by atoms with van der Waals surface area (Å²) in [5.74, 6) is -0.147. The number of nitrogens with one attached hydrogen (secondary N) is 1. The number of hydrogen-bond acceptors (Lipinski definition) is 4. The number of carboxylic acid groups (broad SMARTS) is 1. The number of hydrogen-bond donors (Lipinski definition) is 2. The second kappa shape index (κ2) is 12.1. The van der Waals surface area contributed by atoms with Crippen LogP contribution in [0.5, 0.6) is 0 Å². The highest BCUT2D eigenvalue weighted by Crippen LogP contribution is 2.45. The average Bonchev–Trinajstić information content (AvgIpc) is 2.62. The summed E-state index contributed by atoms with van der Waals surface area (Å²) in [5, 5.41) is 11.4. The summed E-state index contributed by atoms with van der Waals surface area (Å²) in [7, 11) is -2.16. The number of esters is 1. The molecular weight excluding hydrogens is 398 g/mol. The van der Waals surface area contributed by atoms with Crippen LogP contribution in [0.1, 0.15) is 93.9 Å². The summed E-state index contributed by atoms with van der Waals surface area (Å²) in [6, 6.07) is -0.810. The molecule has 1 heterocycles. The molecule has 2 N–H and O–H groups in total. The van der Waals surface area contributed by atoms with E-state index in [1.807, 2.05) is 6.92 Å². The van der Waals surface area contributed by atoms with Gasteiger partial charge in [0, 0.05) is 0 Å². The SMILES string of the molecule is CCC[C@H]1CCCC[C@H](NC(=O)O)C(=O)O[C@@H](C)[C@@H]1O[Si](C(C)C)(C(C)C)C(C)C. The van der Waals surface area contributed by atoms with Gasteiger partial charge in [0.15, 0.2) is 0 Å². The summed E-state index contributed by atoms with van der Waals surface area (Å²) < 4.78 is 13.0. The first kappa shape index (κ1) is 27.0. The lowest BCUT2D eigenvalue weighted by molar-refractivity contribution is -0.158. The molecule has 1 rings (SSSR count). The fourth-order valence-electron chi connectivity index (χ4n) is 5.55. The Morgan fingerprint density at radius 1 is 1.13 bits per heavy atom. The maximum atomic E-state index is 12.8. The van der Waals surface area contributed by atoms with Crippen molar-refractivity contribution >= 4 is 20.4 Å². The molecule has 1 amide bonds. The predicted octanol–water partition coefficient (Wildman–Crippen LogP) is 6.11. The van der Waals surface area contributed by atoms with Gasteiger partial charge in [0.2, 0.25) is 8.32 Å². The minimum Gasteiger partial charge on any atom is -0.465 e. The van der Waals surface area contributed by atoms with E-state index in [0.717, 1.165) is 32.1 Å². The molecule has 4 atom stereocenters. The fourth-order valence-corrected chi connectivity index (χ4v) is 11.2. The number of carbonyl (C=O) groups is 2. The molecule has 0 radical (unpaired) electrons. The van der Waals surface area contributed by atoms with E-state index in [1.54, 1.807) is 0 Å². The van der Waals surface area contributed by atoms with E-state index in [2.05, 4.69) is 53.8 Å². The minimum absolute atomic E-state index is 0.156. The Hall–Kier alpha value is -1.08. The first-order valence-electron chi connectivity index (χ1n) is 11.8. The van der Waals surface area contributed by atoms with Crippen molar-refractivity contribution in [2.45, 2.75) is 129 Å². The largest absolute Gasteiger partial charge is 0.465 e. The van der Waals surface area contributed by atoms with E-state index >= 15 is 0 Å². The minimum atomic E-state index is -2.16. The van der Waals surface area contributed by atoms with Gasteiger partial charge in [0.1, 0.15) is 12.1 Å². The van der Waals surface area contributed by atoms with Gasteiger partial charge in [-0.05, 0) is 48.7 Å². The molecule has 0 aromatic carbocycles. The number of cyclic esters (lactones) is 1. The zero-order valence-electron chi connectivity index (χ0n) is 20.4. The van der Waals surface area contributed by atoms with Crippen LogP contribution in [0.25, 0.3) is 0 Å². The van der Waals surface area contributed by atoms with Crippen molar-refractivity contribution in [1.29, 1.82) is 0 Å². The molecule has 0 aromatic rings. The van der Waals surface area contributed by atoms with Gasteiger partial charge in [-0.15, -0.1) is 0 Å². The zero-order chi connectivity index (χ0) is 23.1. The van der Waals surface area contributed by atoms with Gasteiger partial charge in [0.05, 0.1) is 6.10 Å². The third kappa shape index (κ3) is 6.71. The Balaban J connectivity index is 3.28. The highest BCUT2D eigenvalue weighted by molar-refractivity contribution is 6.77. The number of amides is 1. The second-order valence-corrected chi connectivity index (χ2v) is 15.3. The Kier molecular flexibility index (Phi) is 10.9. The van der Waals surface area contributed by atoms with Crippen molar-refractivity contribution in [2.24, 2.45) is 5.92 Å². The Bertz CT molecular complexity index is 530. The van der Waals surface area contributed by atoms with E-state index in [4.69, 9.17) is 14.3 Å². The lowest BCUT2D eigenvalue weighted by Gasteiger charge is -2.47. The molecule has 0 spiro atoms. The number of carbonyl (C=O) groups excluding carboxylic acids is 1. The van der Waals surface area contributed by atoms with Crippen molar-refractivity contribution in [3.8, 4) is 0 Å². The van der Waals surface area contributed by atoms with Crippen molar-refractivity contribution in [3.63, 3.8) is 0 Å². The Morgan fingerprint density at radius 2 is 1.67 bits per heavy atom. The first-order valence-corrected chi connectivity index (χ1v) is 14.0. The maximum Gasteiger partial charge on any atom is 0.405 e. The van der Waals surface area contributed by atoms with Crippen LogP contribution in [-0.4, -0.2) is 43.7 Å². The van der Waals surface area contributed by atoms with E-state index in [1.165, 1.54) is 0 Å². The topological polar surface area (TPSA) is 84.9 Å². The smallest absolute Gasteiger partial charge is 0.405 e. The molecule has 0 aromatic heterocycles. The van der Waals surface area contributed by atoms with Crippen molar-refractivity contribution in [1.82, 2.24) is 5.32 Å². The summed E-state index contributed by atoms with van der Waals surface area (Å²) in [6.45, 7) is 17.7. The predicted molar refractivity (Wildman–Crippen MR) is 123 cm³/mol. The van der Waals surface area contributed by atoms with Gasteiger partial charge >= 0.3 is 12.1 Å². The van der Waals surface area contributed by atoms with E-state index in [0.29, 0.717) is 29.0 Å². The van der Waals surface area contributed by atoms with Gasteiger partial charge in [-0.1, -0.05) is 67.7 Å². The quantitative estimate of drug-likeness (QED) is 0.349. The van der Waals surface area contributed by atoms with Crippen LogP contribution in [0.3, 0.4) is 0 Å². The fraction of sp³-hybridized carbons (Fsp3) is 0.913. The molecule has 1 saturated heterocycles. The summed E-state index contributed by atoms with van der Waals surface area (Å²) in [5.41, 5.74) is 1.33. The molecule has 30 heavy (non-hydrogen) atoms. The average molecular weight is 444 g/mol. The number of rotatable bonds is 8. The van der Waals surface area contributed by atoms with Gasteiger partial charge in [0.25, 0.3) is 0 Å². The van der Waals surface area contributed by atoms with Crippen LogP contribution in [0.15, 0.2) is 0 Å². The van der Waals surface area contributed by atoms with Crippen molar-refractivity contribution in [3.05, 3.63) is 0 Å². The summed E-state index contributed by atoms with van der Waals surface area (Å²) in [4.78, 5) is 23.9. The van der Waals surface area contributed by atoms with E-state index in [9.17, 15) is 9.59 Å². The Labute approximate surface area is 184 Å². The zero-order valence-corrected chi connectivity index (χ0v) is 21.4. The Morgan fingerprint density at radius 3 is 2.13 bits per heavy atom. The molecule has 176 valence electrons. The molecule has 0 aliphatic carbocycles. The molecule has 7 heteroatoms. The highest BCUT2D eigenvalue weighted by Gasteiger charge is 2.49. The van der Waals surface area contributed by atoms with Crippen LogP contribution in [0.4, 0.5) is 4.79 Å².